The van der Waals surface area contributed by atoms with Crippen molar-refractivity contribution in [2.45, 2.75) is 6.92 Å². The Morgan fingerprint density at radius 2 is 1.69 bits per heavy atom. The summed E-state index contributed by atoms with van der Waals surface area (Å²) in [7, 11) is -3.30. The van der Waals surface area contributed by atoms with E-state index in [4.69, 9.17) is 11.6 Å². The van der Waals surface area contributed by atoms with Crippen LogP contribution in [0.1, 0.15) is 16.2 Å². The fourth-order valence-electron chi connectivity index (χ4n) is 3.74. The summed E-state index contributed by atoms with van der Waals surface area (Å²) in [5.41, 5.74) is 3.52. The summed E-state index contributed by atoms with van der Waals surface area (Å²) in [6.45, 7) is 4.35. The molecule has 8 nitrogen and oxygen atoms in total. The summed E-state index contributed by atoms with van der Waals surface area (Å²) in [6.07, 6.45) is 1.12. The number of benzene rings is 2. The Morgan fingerprint density at radius 1 is 1.00 bits per heavy atom. The smallest absolute Gasteiger partial charge is 0.272 e. The van der Waals surface area contributed by atoms with Crippen LogP contribution in [0, 0.1) is 6.92 Å². The van der Waals surface area contributed by atoms with E-state index in [1.165, 1.54) is 0 Å². The normalized spacial score (nSPS) is 14.5. The molecule has 1 amide bonds. The van der Waals surface area contributed by atoms with Gasteiger partial charge in [-0.1, -0.05) is 17.7 Å². The monoisotopic (exact) mass is 473 g/mol. The highest BCUT2D eigenvalue weighted by Gasteiger charge is 2.25. The maximum absolute atomic E-state index is 13.3. The molecule has 1 fully saturated rings. The lowest BCUT2D eigenvalue weighted by molar-refractivity contribution is 0.0737. The Hall–Kier alpha value is -3.04. The number of sulfonamides is 1. The predicted octanol–water partition coefficient (Wildman–Crippen LogP) is 3.17. The van der Waals surface area contributed by atoms with Crippen molar-refractivity contribution >= 4 is 38.9 Å². The predicted molar refractivity (Wildman–Crippen MR) is 126 cm³/mol. The molecule has 1 saturated heterocycles. The van der Waals surface area contributed by atoms with Gasteiger partial charge in [-0.2, -0.15) is 5.10 Å². The molecule has 168 valence electrons. The summed E-state index contributed by atoms with van der Waals surface area (Å²) >= 11 is 6.12. The van der Waals surface area contributed by atoms with Crippen LogP contribution in [-0.2, 0) is 10.0 Å². The molecule has 2 aromatic carbocycles. The van der Waals surface area contributed by atoms with Gasteiger partial charge in [0, 0.05) is 42.6 Å². The zero-order chi connectivity index (χ0) is 22.9. The molecule has 1 aromatic heterocycles. The van der Waals surface area contributed by atoms with Gasteiger partial charge in [-0.05, 0) is 55.5 Å². The number of rotatable bonds is 5. The van der Waals surface area contributed by atoms with Crippen LogP contribution in [0.4, 0.5) is 11.4 Å². The third kappa shape index (κ3) is 5.05. The first-order chi connectivity index (χ1) is 15.2. The Kier molecular flexibility index (Phi) is 6.12. The van der Waals surface area contributed by atoms with Crippen molar-refractivity contribution in [2.24, 2.45) is 0 Å². The number of carbonyl (C=O) groups excluding carboxylic acids is 1. The third-order valence-corrected chi connectivity index (χ3v) is 6.05. The Morgan fingerprint density at radius 3 is 2.31 bits per heavy atom. The van der Waals surface area contributed by atoms with Gasteiger partial charge in [0.25, 0.3) is 5.91 Å². The minimum Gasteiger partial charge on any atom is -0.368 e. The number of carbonyl (C=O) groups is 1. The number of hydrogen-bond donors (Lipinski definition) is 1. The summed E-state index contributed by atoms with van der Waals surface area (Å²) in [5.74, 6) is -0.0714. The van der Waals surface area contributed by atoms with E-state index in [1.54, 1.807) is 35.0 Å². The van der Waals surface area contributed by atoms with Crippen LogP contribution in [0.15, 0.2) is 54.6 Å². The van der Waals surface area contributed by atoms with Gasteiger partial charge >= 0.3 is 0 Å². The lowest BCUT2D eigenvalue weighted by Crippen LogP contribution is -2.49. The van der Waals surface area contributed by atoms with Gasteiger partial charge in [0.2, 0.25) is 10.0 Å². The number of piperazine rings is 1. The summed E-state index contributed by atoms with van der Waals surface area (Å²) < 4.78 is 26.8. The molecule has 10 heteroatoms. The van der Waals surface area contributed by atoms with Gasteiger partial charge in [0.05, 0.1) is 17.6 Å². The van der Waals surface area contributed by atoms with Crippen molar-refractivity contribution in [3.8, 4) is 5.69 Å². The van der Waals surface area contributed by atoms with E-state index in [2.05, 4.69) is 14.7 Å². The number of hydrogen-bond acceptors (Lipinski definition) is 5. The van der Waals surface area contributed by atoms with E-state index < -0.39 is 10.0 Å². The Labute approximate surface area is 192 Å². The highest BCUT2D eigenvalue weighted by Crippen LogP contribution is 2.22. The highest BCUT2D eigenvalue weighted by atomic mass is 35.5. The molecule has 0 unspecified atom stereocenters. The van der Waals surface area contributed by atoms with Crippen molar-refractivity contribution in [1.29, 1.82) is 0 Å². The van der Waals surface area contributed by atoms with E-state index in [1.807, 2.05) is 36.1 Å². The Bertz CT molecular complexity index is 1230. The van der Waals surface area contributed by atoms with Crippen LogP contribution in [0.25, 0.3) is 5.69 Å². The van der Waals surface area contributed by atoms with Gasteiger partial charge in [0.1, 0.15) is 5.69 Å². The van der Waals surface area contributed by atoms with E-state index in [-0.39, 0.29) is 5.91 Å². The molecule has 1 N–H and O–H groups in total. The molecule has 0 bridgehead atoms. The molecule has 32 heavy (non-hydrogen) atoms. The number of aryl methyl sites for hydroxylation is 1. The van der Waals surface area contributed by atoms with Gasteiger partial charge in [-0.25, -0.2) is 13.1 Å². The zero-order valence-electron chi connectivity index (χ0n) is 17.8. The molecule has 1 aliphatic rings. The number of aromatic nitrogens is 2. The van der Waals surface area contributed by atoms with E-state index in [9.17, 15) is 13.2 Å². The van der Waals surface area contributed by atoms with Gasteiger partial charge in [-0.15, -0.1) is 0 Å². The average Bonchev–Trinajstić information content (AvgIpc) is 3.14. The standard InChI is InChI=1S/C22H24ClN5O3S/c1-16-14-21(28(24-16)20-5-3-4-17(23)15-20)22(29)27-12-10-26(11-13-27)19-8-6-18(7-9-19)25-32(2,30)31/h3-9,14-15,25H,10-13H2,1-2H3. The summed E-state index contributed by atoms with van der Waals surface area (Å²) in [4.78, 5) is 17.3. The summed E-state index contributed by atoms with van der Waals surface area (Å²) in [6, 6.07) is 16.3. The quantitative estimate of drug-likeness (QED) is 0.615. The lowest BCUT2D eigenvalue weighted by Gasteiger charge is -2.36. The van der Waals surface area contributed by atoms with Crippen LogP contribution in [-0.4, -0.2) is 61.4 Å². The minimum absolute atomic E-state index is 0.0714. The second-order valence-electron chi connectivity index (χ2n) is 7.76. The number of nitrogens with one attached hydrogen (secondary N) is 1. The molecule has 3 aromatic rings. The van der Waals surface area contributed by atoms with Crippen molar-refractivity contribution in [3.05, 3.63) is 71.0 Å². The molecule has 0 spiro atoms. The fourth-order valence-corrected chi connectivity index (χ4v) is 4.49. The SMILES string of the molecule is Cc1cc(C(=O)N2CCN(c3ccc(NS(C)(=O)=O)cc3)CC2)n(-c2cccc(Cl)c2)n1. The largest absolute Gasteiger partial charge is 0.368 e. The third-order valence-electron chi connectivity index (χ3n) is 5.21. The molecule has 4 rings (SSSR count). The van der Waals surface area contributed by atoms with E-state index in [0.29, 0.717) is 42.6 Å². The second-order valence-corrected chi connectivity index (χ2v) is 9.95. The molecule has 0 atom stereocenters. The first kappa shape index (κ1) is 22.2. The number of halogens is 1. The maximum atomic E-state index is 13.3. The van der Waals surface area contributed by atoms with Gasteiger partial charge in [-0.3, -0.25) is 9.52 Å². The second kappa shape index (κ2) is 8.84. The Balaban J connectivity index is 1.44. The average molecular weight is 474 g/mol. The molecule has 0 saturated carbocycles. The fraction of sp³-hybridized carbons (Fsp3) is 0.273. The number of anilines is 2. The van der Waals surface area contributed by atoms with Crippen molar-refractivity contribution in [2.75, 3.05) is 42.1 Å². The number of amides is 1. The molecule has 0 radical (unpaired) electrons. The minimum atomic E-state index is -3.30. The van der Waals surface area contributed by atoms with E-state index >= 15 is 0 Å². The molecular weight excluding hydrogens is 450 g/mol. The maximum Gasteiger partial charge on any atom is 0.272 e. The van der Waals surface area contributed by atoms with E-state index in [0.717, 1.165) is 23.3 Å². The van der Waals surface area contributed by atoms with Crippen LogP contribution < -0.4 is 9.62 Å². The van der Waals surface area contributed by atoms with Crippen LogP contribution >= 0.6 is 11.6 Å². The van der Waals surface area contributed by atoms with Gasteiger partial charge in [0.15, 0.2) is 0 Å². The zero-order valence-corrected chi connectivity index (χ0v) is 19.4. The lowest BCUT2D eigenvalue weighted by atomic mass is 10.2. The first-order valence-corrected chi connectivity index (χ1v) is 12.4. The first-order valence-electron chi connectivity index (χ1n) is 10.1. The molecular formula is C22H24ClN5O3S. The summed E-state index contributed by atoms with van der Waals surface area (Å²) in [5, 5.41) is 5.07. The van der Waals surface area contributed by atoms with Crippen LogP contribution in [0.3, 0.4) is 0 Å². The van der Waals surface area contributed by atoms with Crippen molar-refractivity contribution in [1.82, 2.24) is 14.7 Å². The van der Waals surface area contributed by atoms with Gasteiger partial charge < -0.3 is 9.80 Å². The number of nitrogens with zero attached hydrogens (tertiary/aromatic N) is 4. The van der Waals surface area contributed by atoms with Crippen molar-refractivity contribution < 1.29 is 13.2 Å². The van der Waals surface area contributed by atoms with Crippen LogP contribution in [0.5, 0.6) is 0 Å². The van der Waals surface area contributed by atoms with Crippen LogP contribution in [0.2, 0.25) is 5.02 Å². The molecule has 0 aliphatic carbocycles. The topological polar surface area (TPSA) is 87.5 Å². The van der Waals surface area contributed by atoms with Crippen molar-refractivity contribution in [3.63, 3.8) is 0 Å². The molecule has 1 aliphatic heterocycles. The molecule has 2 heterocycles. The highest BCUT2D eigenvalue weighted by molar-refractivity contribution is 7.92.